The Kier molecular flexibility index (Phi) is 19.8. The third kappa shape index (κ3) is 15.7. The van der Waals surface area contributed by atoms with E-state index in [1.807, 2.05) is 6.20 Å². The zero-order valence-electron chi connectivity index (χ0n) is 28.8. The normalized spacial score (nSPS) is 12.1. The van der Waals surface area contributed by atoms with Crippen LogP contribution in [0.25, 0.3) is 11.2 Å². The molecular weight excluding hydrogens is 694 g/mol. The summed E-state index contributed by atoms with van der Waals surface area (Å²) in [6.45, 7) is 6.60. The number of aromatic amines is 1. The van der Waals surface area contributed by atoms with E-state index in [-0.39, 0.29) is 42.2 Å². The van der Waals surface area contributed by atoms with Gasteiger partial charge in [-0.2, -0.15) is 10.1 Å². The van der Waals surface area contributed by atoms with E-state index in [1.54, 1.807) is 22.5 Å². The standard InChI is InChI=1S/C31H50ClN9O8S/c1-23(42)36-25(22-50-31-37-26-27(38-30(33)39-29(26)44)41(31)21-24-19-35-40(2)20-24)28(43)34-8-10-46-12-14-48-16-18-49-17-15-47-13-11-45-9-6-4-3-5-7-32/h19-20,25H,3-18,21-22H2,1-2H3,(H,34,43)(H,36,42)(H3,33,38,39,44)/t25-/m0/s1. The van der Waals surface area contributed by atoms with Crippen molar-refractivity contribution in [2.75, 3.05) is 90.0 Å². The second-order valence-electron chi connectivity index (χ2n) is 11.1. The minimum atomic E-state index is -0.871. The molecule has 3 aromatic heterocycles. The number of nitrogen functional groups attached to an aromatic ring is 1. The fraction of sp³-hybridized carbons (Fsp3) is 0.677. The van der Waals surface area contributed by atoms with Crippen molar-refractivity contribution in [1.82, 2.24) is 39.9 Å². The number of rotatable bonds is 28. The SMILES string of the molecule is CC(=O)N[C@@H](CSc1nc2c(=O)[nH]c(N)nc2n1Cc1cnn(C)c1)C(=O)NCCOCCOCCOCCOCCOCCCCCCCl. The minimum absolute atomic E-state index is 0.0421. The molecule has 5 N–H and O–H groups in total. The molecule has 0 saturated carbocycles. The summed E-state index contributed by atoms with van der Waals surface area (Å²) < 4.78 is 30.9. The molecule has 50 heavy (non-hydrogen) atoms. The summed E-state index contributed by atoms with van der Waals surface area (Å²) in [7, 11) is 1.80. The number of alkyl halides is 1. The number of halogens is 1. The maximum absolute atomic E-state index is 13.0. The van der Waals surface area contributed by atoms with Gasteiger partial charge in [0.15, 0.2) is 16.3 Å². The molecule has 0 radical (unpaired) electrons. The first-order chi connectivity index (χ1) is 24.3. The van der Waals surface area contributed by atoms with Crippen LogP contribution >= 0.6 is 23.4 Å². The van der Waals surface area contributed by atoms with Crippen LogP contribution in [-0.2, 0) is 46.9 Å². The Morgan fingerprint density at radius 3 is 2.16 bits per heavy atom. The van der Waals surface area contributed by atoms with Crippen molar-refractivity contribution < 1.29 is 33.3 Å². The minimum Gasteiger partial charge on any atom is -0.379 e. The maximum atomic E-state index is 13.0. The zero-order valence-corrected chi connectivity index (χ0v) is 30.4. The number of aryl methyl sites for hydroxylation is 1. The quantitative estimate of drug-likeness (QED) is 0.0467. The van der Waals surface area contributed by atoms with Crippen molar-refractivity contribution in [3.8, 4) is 0 Å². The number of thioether (sulfide) groups is 1. The van der Waals surface area contributed by atoms with Crippen molar-refractivity contribution in [3.63, 3.8) is 0 Å². The number of imidazole rings is 1. The highest BCUT2D eigenvalue weighted by molar-refractivity contribution is 7.99. The number of hydrogen-bond acceptors (Lipinski definition) is 13. The van der Waals surface area contributed by atoms with Gasteiger partial charge in [0.05, 0.1) is 72.2 Å². The molecule has 0 aliphatic heterocycles. The Hall–Kier alpha value is -3.26. The predicted octanol–water partition coefficient (Wildman–Crippen LogP) is 1.08. The average Bonchev–Trinajstić information content (AvgIpc) is 3.65. The van der Waals surface area contributed by atoms with Crippen LogP contribution in [0.15, 0.2) is 22.3 Å². The molecule has 1 atom stereocenters. The first-order valence-electron chi connectivity index (χ1n) is 16.6. The number of carbonyl (C=O) groups excluding carboxylic acids is 2. The van der Waals surface area contributed by atoms with Gasteiger partial charge >= 0.3 is 0 Å². The first kappa shape index (κ1) is 41.2. The van der Waals surface area contributed by atoms with E-state index in [0.717, 1.165) is 43.7 Å². The number of ether oxygens (including phenoxy) is 5. The van der Waals surface area contributed by atoms with E-state index in [0.29, 0.717) is 70.2 Å². The summed E-state index contributed by atoms with van der Waals surface area (Å²) in [6.07, 6.45) is 7.91. The van der Waals surface area contributed by atoms with E-state index >= 15 is 0 Å². The topological polar surface area (TPSA) is 212 Å². The fourth-order valence-corrected chi connectivity index (χ4v) is 5.79. The van der Waals surface area contributed by atoms with Gasteiger partial charge in [0, 0.05) is 50.5 Å². The summed E-state index contributed by atoms with van der Waals surface area (Å²) in [5.74, 6) is 0.0711. The molecule has 19 heteroatoms. The molecule has 0 saturated heterocycles. The highest BCUT2D eigenvalue weighted by atomic mass is 35.5. The molecule has 0 aromatic carbocycles. The van der Waals surface area contributed by atoms with Crippen LogP contribution in [-0.4, -0.2) is 131 Å². The Labute approximate surface area is 300 Å². The van der Waals surface area contributed by atoms with Crippen LogP contribution in [0, 0.1) is 0 Å². The summed E-state index contributed by atoms with van der Waals surface area (Å²) in [5, 5.41) is 10.1. The molecule has 17 nitrogen and oxygen atoms in total. The molecule has 0 fully saturated rings. The second kappa shape index (κ2) is 24.0. The van der Waals surface area contributed by atoms with Crippen LogP contribution in [0.1, 0.15) is 38.2 Å². The highest BCUT2D eigenvalue weighted by Crippen LogP contribution is 2.24. The Balaban J connectivity index is 1.28. The van der Waals surface area contributed by atoms with Gasteiger partial charge in [-0.3, -0.25) is 28.6 Å². The van der Waals surface area contributed by atoms with E-state index in [9.17, 15) is 14.4 Å². The summed E-state index contributed by atoms with van der Waals surface area (Å²) >= 11 is 6.86. The summed E-state index contributed by atoms with van der Waals surface area (Å²) in [6, 6.07) is -0.871. The number of unbranched alkanes of at least 4 members (excludes halogenated alkanes) is 3. The number of fused-ring (bicyclic) bond motifs is 1. The molecule has 3 heterocycles. The van der Waals surface area contributed by atoms with Crippen molar-refractivity contribution in [3.05, 3.63) is 28.3 Å². The van der Waals surface area contributed by atoms with Gasteiger partial charge in [0.25, 0.3) is 5.56 Å². The van der Waals surface area contributed by atoms with Crippen LogP contribution in [0.5, 0.6) is 0 Å². The lowest BCUT2D eigenvalue weighted by Gasteiger charge is -2.17. The number of amides is 2. The number of nitrogens with zero attached hydrogens (tertiary/aromatic N) is 5. The van der Waals surface area contributed by atoms with Gasteiger partial charge in [0.1, 0.15) is 6.04 Å². The van der Waals surface area contributed by atoms with Gasteiger partial charge in [-0.15, -0.1) is 11.6 Å². The Morgan fingerprint density at radius 2 is 1.56 bits per heavy atom. The first-order valence-corrected chi connectivity index (χ1v) is 18.2. The van der Waals surface area contributed by atoms with Crippen molar-refractivity contribution in [2.45, 2.75) is 50.4 Å². The predicted molar refractivity (Wildman–Crippen MR) is 189 cm³/mol. The Morgan fingerprint density at radius 1 is 0.940 bits per heavy atom. The van der Waals surface area contributed by atoms with Crippen LogP contribution in [0.4, 0.5) is 5.95 Å². The molecular formula is C31H50ClN9O8S. The average molecular weight is 744 g/mol. The van der Waals surface area contributed by atoms with Gasteiger partial charge in [-0.25, -0.2) is 4.98 Å². The molecule has 0 unspecified atom stereocenters. The summed E-state index contributed by atoms with van der Waals surface area (Å²) in [4.78, 5) is 48.6. The van der Waals surface area contributed by atoms with E-state index in [4.69, 9.17) is 41.0 Å². The lowest BCUT2D eigenvalue weighted by Crippen LogP contribution is -2.48. The van der Waals surface area contributed by atoms with Gasteiger partial charge in [0.2, 0.25) is 17.8 Å². The molecule has 0 aliphatic rings. The monoisotopic (exact) mass is 743 g/mol. The van der Waals surface area contributed by atoms with Gasteiger partial charge < -0.3 is 40.1 Å². The maximum Gasteiger partial charge on any atom is 0.280 e. The second-order valence-corrected chi connectivity index (χ2v) is 12.5. The lowest BCUT2D eigenvalue weighted by atomic mass is 10.2. The van der Waals surface area contributed by atoms with E-state index in [1.165, 1.54) is 18.7 Å². The largest absolute Gasteiger partial charge is 0.379 e. The highest BCUT2D eigenvalue weighted by Gasteiger charge is 2.23. The third-order valence-electron chi connectivity index (χ3n) is 6.97. The molecule has 0 bridgehead atoms. The van der Waals surface area contributed by atoms with Gasteiger partial charge in [-0.05, 0) is 12.8 Å². The van der Waals surface area contributed by atoms with E-state index < -0.39 is 11.6 Å². The van der Waals surface area contributed by atoms with Crippen LogP contribution in [0.2, 0.25) is 0 Å². The third-order valence-corrected chi connectivity index (χ3v) is 8.30. The molecule has 3 rings (SSSR count). The smallest absolute Gasteiger partial charge is 0.280 e. The van der Waals surface area contributed by atoms with Crippen molar-refractivity contribution >= 4 is 52.3 Å². The van der Waals surface area contributed by atoms with Crippen LogP contribution < -0.4 is 21.9 Å². The number of anilines is 1. The molecule has 3 aromatic rings. The number of hydrogen-bond donors (Lipinski definition) is 4. The number of H-pyrrole nitrogens is 1. The van der Waals surface area contributed by atoms with Crippen molar-refractivity contribution in [2.24, 2.45) is 7.05 Å². The lowest BCUT2D eigenvalue weighted by molar-refractivity contribution is -0.127. The zero-order chi connectivity index (χ0) is 36.0. The molecule has 0 aliphatic carbocycles. The van der Waals surface area contributed by atoms with E-state index in [2.05, 4.69) is 30.7 Å². The number of aromatic nitrogens is 6. The molecule has 2 amide bonds. The number of nitrogens with two attached hydrogens (primary N) is 1. The molecule has 0 spiro atoms. The van der Waals surface area contributed by atoms with Crippen LogP contribution in [0.3, 0.4) is 0 Å². The molecule has 280 valence electrons. The summed E-state index contributed by atoms with van der Waals surface area (Å²) in [5.41, 5.74) is 6.59. The fourth-order valence-electron chi connectivity index (χ4n) is 4.59. The number of carbonyl (C=O) groups is 2. The Bertz CT molecular complexity index is 1490. The van der Waals surface area contributed by atoms with Gasteiger partial charge in [-0.1, -0.05) is 24.6 Å². The number of nitrogens with one attached hydrogen (secondary N) is 3. The van der Waals surface area contributed by atoms with Crippen molar-refractivity contribution in [1.29, 1.82) is 0 Å².